The van der Waals surface area contributed by atoms with Crippen molar-refractivity contribution >= 4 is 17.8 Å². The van der Waals surface area contributed by atoms with E-state index in [1.54, 1.807) is 0 Å². The van der Waals surface area contributed by atoms with Crippen LogP contribution in [0.2, 0.25) is 0 Å². The monoisotopic (exact) mass is 438 g/mol. The fraction of sp³-hybridized carbons (Fsp3) is 0.591. The molecular weight excluding hydrogens is 404 g/mol. The Hall–Kier alpha value is -2.53. The number of anilines is 3. The van der Waals surface area contributed by atoms with Crippen molar-refractivity contribution < 1.29 is 0 Å². The summed E-state index contributed by atoms with van der Waals surface area (Å²) in [7, 11) is 0. The molecule has 0 amide bonds. The Kier molecular flexibility index (Phi) is 5.85. The number of rotatable bonds is 4. The van der Waals surface area contributed by atoms with Crippen LogP contribution >= 0.6 is 0 Å². The van der Waals surface area contributed by atoms with E-state index in [0.29, 0.717) is 44.0 Å². The minimum absolute atomic E-state index is 0.00563. The van der Waals surface area contributed by atoms with Crippen LogP contribution in [0, 0.1) is 0 Å². The summed E-state index contributed by atoms with van der Waals surface area (Å²) in [5.74, 6) is 1.76. The number of hydrogen-bond donors (Lipinski definition) is 5. The van der Waals surface area contributed by atoms with Crippen molar-refractivity contribution in [1.29, 1.82) is 0 Å². The highest BCUT2D eigenvalue weighted by Crippen LogP contribution is 2.33. The average molecular weight is 439 g/mol. The summed E-state index contributed by atoms with van der Waals surface area (Å²) in [4.78, 5) is 18.5. The summed E-state index contributed by atoms with van der Waals surface area (Å²) in [5.41, 5.74) is 27.6. The highest BCUT2D eigenvalue weighted by atomic mass is 15.4. The van der Waals surface area contributed by atoms with Gasteiger partial charge in [0.2, 0.25) is 17.8 Å². The zero-order chi connectivity index (χ0) is 22.2. The Labute approximate surface area is 188 Å². The molecule has 2 aromatic rings. The summed E-state index contributed by atoms with van der Waals surface area (Å²) in [6, 6.07) is 8.68. The van der Waals surface area contributed by atoms with E-state index in [1.165, 1.54) is 11.1 Å². The predicted molar refractivity (Wildman–Crippen MR) is 127 cm³/mol. The molecule has 3 heterocycles. The number of hydrogen-bond acceptors (Lipinski definition) is 10. The Morgan fingerprint density at radius 2 is 1.28 bits per heavy atom. The molecule has 0 saturated carbocycles. The molecule has 1 unspecified atom stereocenters. The molecule has 2 aliphatic heterocycles. The van der Waals surface area contributed by atoms with Crippen LogP contribution in [-0.2, 0) is 6.42 Å². The zero-order valence-corrected chi connectivity index (χ0v) is 18.4. The summed E-state index contributed by atoms with van der Waals surface area (Å²) in [6.45, 7) is 2.67. The van der Waals surface area contributed by atoms with Gasteiger partial charge in [-0.1, -0.05) is 24.3 Å². The lowest BCUT2D eigenvalue weighted by Crippen LogP contribution is -2.54. The first-order valence-corrected chi connectivity index (χ1v) is 11.6. The summed E-state index contributed by atoms with van der Waals surface area (Å²) in [5, 5.41) is 3.56. The van der Waals surface area contributed by atoms with Gasteiger partial charge in [0.15, 0.2) is 0 Å². The molecule has 9 N–H and O–H groups in total. The molecule has 1 aliphatic carbocycles. The Balaban J connectivity index is 1.47. The largest absolute Gasteiger partial charge is 0.347 e. The lowest BCUT2D eigenvalue weighted by atomic mass is 10.0. The van der Waals surface area contributed by atoms with Gasteiger partial charge in [0, 0.05) is 50.3 Å². The first kappa shape index (κ1) is 21.3. The van der Waals surface area contributed by atoms with Crippen LogP contribution in [0.1, 0.15) is 36.4 Å². The Morgan fingerprint density at radius 3 is 1.84 bits per heavy atom. The van der Waals surface area contributed by atoms with Gasteiger partial charge in [-0.25, -0.2) is 0 Å². The summed E-state index contributed by atoms with van der Waals surface area (Å²) in [6.07, 6.45) is 3.65. The third-order valence-corrected chi connectivity index (χ3v) is 6.64. The highest BCUT2D eigenvalue weighted by molar-refractivity contribution is 5.49. The van der Waals surface area contributed by atoms with Crippen LogP contribution in [0.4, 0.5) is 17.8 Å². The molecule has 172 valence electrons. The fourth-order valence-corrected chi connectivity index (χ4v) is 5.25. The fourth-order valence-electron chi connectivity index (χ4n) is 5.25. The van der Waals surface area contributed by atoms with Gasteiger partial charge in [-0.05, 0) is 36.8 Å². The van der Waals surface area contributed by atoms with Crippen LogP contribution in [-0.4, -0.2) is 65.3 Å². The minimum Gasteiger partial charge on any atom is -0.347 e. The van der Waals surface area contributed by atoms with Gasteiger partial charge in [-0.2, -0.15) is 15.0 Å². The Morgan fingerprint density at radius 1 is 0.750 bits per heavy atom. The minimum atomic E-state index is -0.00563. The summed E-state index contributed by atoms with van der Waals surface area (Å²) < 4.78 is 0. The van der Waals surface area contributed by atoms with Crippen LogP contribution in [0.15, 0.2) is 24.3 Å². The smallest absolute Gasteiger partial charge is 0.232 e. The SMILES string of the molecule is N[C@@H]1C[C@H](N)CN(c2nc(NC3CCc4ccccc43)nc(N3C[C@H](N)C[C@H](N)C3)n2)C1. The van der Waals surface area contributed by atoms with Gasteiger partial charge >= 0.3 is 0 Å². The molecule has 1 aromatic carbocycles. The van der Waals surface area contributed by atoms with Crippen molar-refractivity contribution in [3.63, 3.8) is 0 Å². The molecule has 0 bridgehead atoms. The maximum atomic E-state index is 6.24. The number of piperidine rings is 2. The number of aryl methyl sites for hydroxylation is 1. The number of fused-ring (bicyclic) bond motifs is 1. The average Bonchev–Trinajstić information content (AvgIpc) is 3.15. The molecule has 32 heavy (non-hydrogen) atoms. The molecule has 0 spiro atoms. The van der Waals surface area contributed by atoms with Crippen molar-refractivity contribution in [2.24, 2.45) is 22.9 Å². The van der Waals surface area contributed by atoms with Gasteiger partial charge in [-0.15, -0.1) is 0 Å². The summed E-state index contributed by atoms with van der Waals surface area (Å²) >= 11 is 0. The zero-order valence-electron chi connectivity index (χ0n) is 18.4. The number of nitrogens with one attached hydrogen (secondary N) is 1. The maximum absolute atomic E-state index is 6.24. The topological polar surface area (TPSA) is 161 Å². The molecule has 5 atom stereocenters. The standard InChI is InChI=1S/C22H34N10/c23-14-7-15(24)10-31(9-14)21-28-20(27-19-6-5-13-3-1-2-4-18(13)19)29-22(30-21)32-11-16(25)8-17(26)12-32/h1-4,14-17,19H,5-12,23-26H2,(H,27,28,29,30)/t14-,15+,16-,17+,19?. The van der Waals surface area contributed by atoms with Crippen LogP contribution in [0.5, 0.6) is 0 Å². The molecule has 10 heteroatoms. The molecule has 0 radical (unpaired) electrons. The van der Waals surface area contributed by atoms with E-state index in [0.717, 1.165) is 25.7 Å². The van der Waals surface area contributed by atoms with Crippen LogP contribution < -0.4 is 38.1 Å². The molecule has 5 rings (SSSR count). The lowest BCUT2D eigenvalue weighted by Gasteiger charge is -2.37. The van der Waals surface area contributed by atoms with Crippen molar-refractivity contribution in [3.05, 3.63) is 35.4 Å². The molecule has 2 fully saturated rings. The Bertz CT molecular complexity index is 888. The van der Waals surface area contributed by atoms with E-state index in [1.807, 2.05) is 0 Å². The van der Waals surface area contributed by atoms with E-state index < -0.39 is 0 Å². The normalized spacial score (nSPS) is 30.3. The van der Waals surface area contributed by atoms with Gasteiger partial charge in [0.05, 0.1) is 6.04 Å². The predicted octanol–water partition coefficient (Wildman–Crippen LogP) is -0.300. The van der Waals surface area contributed by atoms with Crippen molar-refractivity contribution in [1.82, 2.24) is 15.0 Å². The second-order valence-corrected chi connectivity index (χ2v) is 9.52. The molecular formula is C22H34N10. The van der Waals surface area contributed by atoms with Gasteiger partial charge in [0.25, 0.3) is 0 Å². The second kappa shape index (κ2) is 8.78. The van der Waals surface area contributed by atoms with Crippen LogP contribution in [0.25, 0.3) is 0 Å². The molecule has 2 saturated heterocycles. The molecule has 1 aromatic heterocycles. The number of aromatic nitrogens is 3. The lowest BCUT2D eigenvalue weighted by molar-refractivity contribution is 0.441. The van der Waals surface area contributed by atoms with Gasteiger partial charge < -0.3 is 38.1 Å². The van der Waals surface area contributed by atoms with E-state index in [9.17, 15) is 0 Å². The van der Waals surface area contributed by atoms with Gasteiger partial charge in [0.1, 0.15) is 0 Å². The van der Waals surface area contributed by atoms with E-state index >= 15 is 0 Å². The van der Waals surface area contributed by atoms with Crippen molar-refractivity contribution in [2.45, 2.75) is 55.9 Å². The number of benzene rings is 1. The molecule has 10 nitrogen and oxygen atoms in total. The third-order valence-electron chi connectivity index (χ3n) is 6.64. The molecule has 3 aliphatic rings. The first-order chi connectivity index (χ1) is 15.4. The maximum Gasteiger partial charge on any atom is 0.232 e. The highest BCUT2D eigenvalue weighted by Gasteiger charge is 2.30. The van der Waals surface area contributed by atoms with E-state index in [4.69, 9.17) is 37.9 Å². The second-order valence-electron chi connectivity index (χ2n) is 9.52. The quantitative estimate of drug-likeness (QED) is 0.428. The number of nitrogens with two attached hydrogens (primary N) is 4. The van der Waals surface area contributed by atoms with E-state index in [-0.39, 0.29) is 30.2 Å². The van der Waals surface area contributed by atoms with Crippen molar-refractivity contribution in [2.75, 3.05) is 41.3 Å². The van der Waals surface area contributed by atoms with E-state index in [2.05, 4.69) is 39.4 Å². The van der Waals surface area contributed by atoms with Crippen molar-refractivity contribution in [3.8, 4) is 0 Å². The number of nitrogens with zero attached hydrogens (tertiary/aromatic N) is 5. The first-order valence-electron chi connectivity index (χ1n) is 11.6. The third kappa shape index (κ3) is 4.49. The van der Waals surface area contributed by atoms with Crippen LogP contribution in [0.3, 0.4) is 0 Å². The van der Waals surface area contributed by atoms with Gasteiger partial charge in [-0.3, -0.25) is 0 Å².